The van der Waals surface area contributed by atoms with Crippen LogP contribution in [0.25, 0.3) is 0 Å². The minimum Gasteiger partial charge on any atom is -0.395 e. The molecule has 0 amide bonds. The molecule has 0 fully saturated rings. The number of nitrogens with one attached hydrogen (secondary N) is 1. The lowest BCUT2D eigenvalue weighted by atomic mass is 10.0. The van der Waals surface area contributed by atoms with Crippen LogP contribution in [0.1, 0.15) is 40.2 Å². The van der Waals surface area contributed by atoms with Gasteiger partial charge in [-0.25, -0.2) is 9.89 Å². The van der Waals surface area contributed by atoms with Gasteiger partial charge in [0, 0.05) is 12.1 Å². The summed E-state index contributed by atoms with van der Waals surface area (Å²) in [6.07, 6.45) is 0.828. The van der Waals surface area contributed by atoms with Crippen molar-refractivity contribution < 1.29 is 5.11 Å². The van der Waals surface area contributed by atoms with Crippen molar-refractivity contribution in [3.8, 4) is 0 Å². The van der Waals surface area contributed by atoms with Gasteiger partial charge in [-0.1, -0.05) is 25.6 Å². The summed E-state index contributed by atoms with van der Waals surface area (Å²) >= 11 is 1.36. The van der Waals surface area contributed by atoms with Gasteiger partial charge in [0.1, 0.15) is 0 Å². The second-order valence-electron chi connectivity index (χ2n) is 5.41. The van der Waals surface area contributed by atoms with E-state index in [4.69, 9.17) is 5.73 Å². The predicted octanol–water partition coefficient (Wildman–Crippen LogP) is 0.979. The Morgan fingerprint density at radius 3 is 2.53 bits per heavy atom. The van der Waals surface area contributed by atoms with Crippen molar-refractivity contribution in [1.29, 1.82) is 0 Å². The Morgan fingerprint density at radius 1 is 1.42 bits per heavy atom. The van der Waals surface area contributed by atoms with Gasteiger partial charge in [-0.15, -0.1) is 5.10 Å². The Morgan fingerprint density at radius 2 is 2.05 bits per heavy atom. The largest absolute Gasteiger partial charge is 0.395 e. The summed E-state index contributed by atoms with van der Waals surface area (Å²) in [5, 5.41) is 16.4. The lowest BCUT2D eigenvalue weighted by molar-refractivity contribution is 0.274. The van der Waals surface area contributed by atoms with Crippen molar-refractivity contribution in [2.75, 3.05) is 6.61 Å². The molecule has 19 heavy (non-hydrogen) atoms. The first-order valence-electron chi connectivity index (χ1n) is 6.56. The molecule has 2 unspecified atom stereocenters. The van der Waals surface area contributed by atoms with Crippen molar-refractivity contribution in [1.82, 2.24) is 14.8 Å². The molecular formula is C12H24N4O2S. The molecule has 0 radical (unpaired) electrons. The van der Waals surface area contributed by atoms with Crippen molar-refractivity contribution in [2.24, 2.45) is 11.7 Å². The van der Waals surface area contributed by atoms with E-state index < -0.39 is 0 Å². The van der Waals surface area contributed by atoms with Gasteiger partial charge in [0.15, 0.2) is 5.16 Å². The number of aliphatic hydroxyl groups excluding tert-OH is 1. The van der Waals surface area contributed by atoms with Gasteiger partial charge in [0.25, 0.3) is 0 Å². The second-order valence-corrected chi connectivity index (χ2v) is 6.61. The van der Waals surface area contributed by atoms with Crippen LogP contribution in [0, 0.1) is 5.92 Å². The van der Waals surface area contributed by atoms with Crippen LogP contribution < -0.4 is 11.4 Å². The monoisotopic (exact) mass is 288 g/mol. The fourth-order valence-corrected chi connectivity index (χ4v) is 3.06. The molecule has 0 spiro atoms. The van der Waals surface area contributed by atoms with Crippen molar-refractivity contribution >= 4 is 11.8 Å². The summed E-state index contributed by atoms with van der Waals surface area (Å²) in [6.45, 7) is 8.00. The molecule has 7 heteroatoms. The maximum absolute atomic E-state index is 11.6. The number of hydrogen-bond acceptors (Lipinski definition) is 5. The number of aromatic nitrogens is 3. The quantitative estimate of drug-likeness (QED) is 0.650. The van der Waals surface area contributed by atoms with E-state index in [1.165, 1.54) is 11.8 Å². The first kappa shape index (κ1) is 16.3. The van der Waals surface area contributed by atoms with Crippen LogP contribution in [0.4, 0.5) is 0 Å². The number of nitrogens with two attached hydrogens (primary N) is 1. The Labute approximate surface area is 117 Å². The van der Waals surface area contributed by atoms with Crippen molar-refractivity contribution in [3.63, 3.8) is 0 Å². The molecule has 0 aliphatic rings. The number of H-pyrrole nitrogens is 1. The van der Waals surface area contributed by atoms with E-state index in [1.54, 1.807) is 4.57 Å². The van der Waals surface area contributed by atoms with Crippen LogP contribution in [0.5, 0.6) is 0 Å². The van der Waals surface area contributed by atoms with Crippen LogP contribution in [0.3, 0.4) is 0 Å². The zero-order valence-corrected chi connectivity index (χ0v) is 12.8. The molecule has 1 rings (SSSR count). The fourth-order valence-electron chi connectivity index (χ4n) is 1.92. The normalized spacial score (nSPS) is 15.2. The molecule has 110 valence electrons. The topological polar surface area (TPSA) is 96.9 Å². The van der Waals surface area contributed by atoms with E-state index in [0.717, 1.165) is 6.42 Å². The Bertz CT molecular complexity index is 441. The Hall–Kier alpha value is -0.790. The third-order valence-corrected chi connectivity index (χ3v) is 4.15. The molecule has 0 aliphatic carbocycles. The number of rotatable bonds is 7. The maximum Gasteiger partial charge on any atom is 0.344 e. The van der Waals surface area contributed by atoms with Crippen LogP contribution in [-0.4, -0.2) is 37.8 Å². The fraction of sp³-hybridized carbons (Fsp3) is 0.833. The molecule has 4 N–H and O–H groups in total. The first-order chi connectivity index (χ1) is 8.86. The molecule has 0 aliphatic heterocycles. The number of aliphatic hydroxyl groups is 1. The number of nitrogens with zero attached hydrogens (tertiary/aromatic N) is 2. The Kier molecular flexibility index (Phi) is 6.09. The summed E-state index contributed by atoms with van der Waals surface area (Å²) in [5.74, 6) is 0.469. The van der Waals surface area contributed by atoms with E-state index in [9.17, 15) is 9.90 Å². The lowest BCUT2D eigenvalue weighted by Gasteiger charge is -2.23. The van der Waals surface area contributed by atoms with Crippen molar-refractivity contribution in [2.45, 2.75) is 56.6 Å². The van der Waals surface area contributed by atoms with Crippen LogP contribution in [0.2, 0.25) is 0 Å². The van der Waals surface area contributed by atoms with E-state index in [2.05, 4.69) is 24.0 Å². The average Bonchev–Trinajstić information content (AvgIpc) is 2.66. The first-order valence-corrected chi connectivity index (χ1v) is 7.44. The molecule has 0 saturated heterocycles. The molecule has 0 bridgehead atoms. The van der Waals surface area contributed by atoms with Gasteiger partial charge in [0.2, 0.25) is 0 Å². The van der Waals surface area contributed by atoms with Gasteiger partial charge in [-0.05, 0) is 26.2 Å². The highest BCUT2D eigenvalue weighted by Crippen LogP contribution is 2.25. The molecule has 1 aromatic heterocycles. The summed E-state index contributed by atoms with van der Waals surface area (Å²) in [4.78, 5) is 11.6. The summed E-state index contributed by atoms with van der Waals surface area (Å²) in [7, 11) is 0. The second kappa shape index (κ2) is 7.12. The highest BCUT2D eigenvalue weighted by atomic mass is 32.2. The van der Waals surface area contributed by atoms with Crippen molar-refractivity contribution in [3.05, 3.63) is 10.5 Å². The predicted molar refractivity (Wildman–Crippen MR) is 77.4 cm³/mol. The molecule has 0 saturated carbocycles. The minimum atomic E-state index is -0.230. The number of hydrogen-bond donors (Lipinski definition) is 3. The van der Waals surface area contributed by atoms with Gasteiger partial charge >= 0.3 is 5.69 Å². The molecule has 1 heterocycles. The molecule has 6 nitrogen and oxygen atoms in total. The SMILES string of the molecule is CC(C)CC(N)C(CO)Sc1n[nH]c(=O)n1C(C)C. The minimum absolute atomic E-state index is 0.0226. The third-order valence-electron chi connectivity index (χ3n) is 2.85. The van der Waals surface area contributed by atoms with Gasteiger partial charge in [0.05, 0.1) is 11.9 Å². The van der Waals surface area contributed by atoms with Gasteiger partial charge < -0.3 is 10.8 Å². The van der Waals surface area contributed by atoms with Crippen LogP contribution in [-0.2, 0) is 0 Å². The maximum atomic E-state index is 11.6. The van der Waals surface area contributed by atoms with E-state index in [0.29, 0.717) is 11.1 Å². The van der Waals surface area contributed by atoms with Gasteiger partial charge in [-0.3, -0.25) is 4.57 Å². The van der Waals surface area contributed by atoms with Crippen LogP contribution >= 0.6 is 11.8 Å². The molecule has 0 aromatic carbocycles. The summed E-state index contributed by atoms with van der Waals surface area (Å²) in [6, 6.07) is -0.100. The molecule has 2 atom stereocenters. The van der Waals surface area contributed by atoms with Gasteiger partial charge in [-0.2, -0.15) is 0 Å². The van der Waals surface area contributed by atoms with E-state index in [-0.39, 0.29) is 29.6 Å². The zero-order chi connectivity index (χ0) is 14.6. The number of aromatic amines is 1. The van der Waals surface area contributed by atoms with E-state index >= 15 is 0 Å². The van der Waals surface area contributed by atoms with Crippen LogP contribution in [0.15, 0.2) is 9.95 Å². The zero-order valence-electron chi connectivity index (χ0n) is 12.0. The standard InChI is InChI=1S/C12H24N4O2S/c1-7(2)5-9(13)10(6-17)19-12-15-14-11(18)16(12)8(3)4/h7-10,17H,5-6,13H2,1-4H3,(H,14,18). The molecule has 1 aromatic rings. The Balaban J connectivity index is 2.84. The highest BCUT2D eigenvalue weighted by Gasteiger charge is 2.23. The summed E-state index contributed by atoms with van der Waals surface area (Å²) < 4.78 is 1.58. The smallest absolute Gasteiger partial charge is 0.344 e. The lowest BCUT2D eigenvalue weighted by Crippen LogP contribution is -2.36. The average molecular weight is 288 g/mol. The highest BCUT2D eigenvalue weighted by molar-refractivity contribution is 7.99. The number of thioether (sulfide) groups is 1. The van der Waals surface area contributed by atoms with E-state index in [1.807, 2.05) is 13.8 Å². The summed E-state index contributed by atoms with van der Waals surface area (Å²) in [5.41, 5.74) is 5.87. The molecular weight excluding hydrogens is 264 g/mol. The third kappa shape index (κ3) is 4.36.